The number of carbonyl (C=O) groups is 2. The van der Waals surface area contributed by atoms with Gasteiger partial charge < -0.3 is 15.2 Å². The number of rotatable bonds is 18. The standard InChI is InChI=1S/C32H40F3NO4/c1-2-3-4-5-6-7-8-9-10-11-12-13-14-15-16-17-18-19-20-21-30(38)36-24-25-40-31(39)28-23-22-27(26-29(28)37)32(33,34)35/h3-4,6-7,9-10,12-13,15-16,18-19,22-23,26,37H,2,5,8,11,14,17,20-21,24-25H2,1H3,(H,36,38)/b4-3-,7-6-,10-9-,13-12-,16-15-,19-18-. The number of phenolic OH excluding ortho intramolecular Hbond substituents is 1. The lowest BCUT2D eigenvalue weighted by Crippen LogP contribution is -2.27. The van der Waals surface area contributed by atoms with E-state index < -0.39 is 23.5 Å². The third kappa shape index (κ3) is 16.9. The van der Waals surface area contributed by atoms with Gasteiger partial charge in [0.2, 0.25) is 5.91 Å². The van der Waals surface area contributed by atoms with Crippen LogP contribution < -0.4 is 5.32 Å². The van der Waals surface area contributed by atoms with Gasteiger partial charge in [-0.2, -0.15) is 13.2 Å². The molecular weight excluding hydrogens is 519 g/mol. The Hall–Kier alpha value is -3.81. The van der Waals surface area contributed by atoms with Crippen LogP contribution in [0.15, 0.2) is 91.1 Å². The first-order valence-corrected chi connectivity index (χ1v) is 13.5. The van der Waals surface area contributed by atoms with E-state index in [0.717, 1.165) is 44.6 Å². The number of hydrogen-bond donors (Lipinski definition) is 2. The molecule has 0 heterocycles. The summed E-state index contributed by atoms with van der Waals surface area (Å²) in [5.41, 5.74) is -1.45. The van der Waals surface area contributed by atoms with Crippen molar-refractivity contribution in [2.75, 3.05) is 13.2 Å². The van der Waals surface area contributed by atoms with E-state index in [0.29, 0.717) is 18.6 Å². The molecule has 0 saturated heterocycles. The molecule has 0 atom stereocenters. The fraction of sp³-hybridized carbons (Fsp3) is 0.375. The quantitative estimate of drug-likeness (QED) is 0.108. The van der Waals surface area contributed by atoms with Gasteiger partial charge in [0.25, 0.3) is 0 Å². The number of alkyl halides is 3. The van der Waals surface area contributed by atoms with Crippen LogP contribution in [0.4, 0.5) is 13.2 Å². The van der Waals surface area contributed by atoms with Crippen molar-refractivity contribution in [3.8, 4) is 5.75 Å². The molecule has 2 N–H and O–H groups in total. The van der Waals surface area contributed by atoms with Gasteiger partial charge in [-0.25, -0.2) is 4.79 Å². The Bertz CT molecular complexity index is 1070. The molecule has 1 amide bonds. The molecule has 0 spiro atoms. The minimum Gasteiger partial charge on any atom is -0.507 e. The second kappa shape index (κ2) is 21.1. The highest BCUT2D eigenvalue weighted by atomic mass is 19.4. The van der Waals surface area contributed by atoms with E-state index in [1.54, 1.807) is 0 Å². The van der Waals surface area contributed by atoms with E-state index in [1.807, 2.05) is 12.2 Å². The average molecular weight is 560 g/mol. The van der Waals surface area contributed by atoms with Gasteiger partial charge in [-0.1, -0.05) is 79.8 Å². The predicted molar refractivity (Wildman–Crippen MR) is 154 cm³/mol. The molecule has 40 heavy (non-hydrogen) atoms. The summed E-state index contributed by atoms with van der Waals surface area (Å²) in [6.45, 7) is 2.00. The number of aromatic hydroxyl groups is 1. The van der Waals surface area contributed by atoms with Crippen molar-refractivity contribution in [2.24, 2.45) is 0 Å². The van der Waals surface area contributed by atoms with E-state index in [9.17, 15) is 27.9 Å². The number of esters is 1. The van der Waals surface area contributed by atoms with Crippen LogP contribution in [0.25, 0.3) is 0 Å². The molecule has 0 fully saturated rings. The van der Waals surface area contributed by atoms with Crippen molar-refractivity contribution >= 4 is 11.9 Å². The van der Waals surface area contributed by atoms with Crippen molar-refractivity contribution < 1.29 is 32.6 Å². The molecule has 1 aromatic carbocycles. The number of nitrogens with one attached hydrogen (secondary N) is 1. The Morgan fingerprint density at radius 2 is 1.32 bits per heavy atom. The molecule has 0 bridgehead atoms. The molecule has 0 aliphatic rings. The summed E-state index contributed by atoms with van der Waals surface area (Å²) in [4.78, 5) is 23.8. The number of ether oxygens (including phenoxy) is 1. The Balaban J connectivity index is 2.08. The third-order valence-corrected chi connectivity index (χ3v) is 5.34. The molecule has 1 aromatic rings. The lowest BCUT2D eigenvalue weighted by atomic mass is 10.1. The van der Waals surface area contributed by atoms with Crippen LogP contribution in [-0.2, 0) is 15.7 Å². The van der Waals surface area contributed by atoms with Crippen molar-refractivity contribution in [1.82, 2.24) is 5.32 Å². The summed E-state index contributed by atoms with van der Waals surface area (Å²) >= 11 is 0. The lowest BCUT2D eigenvalue weighted by molar-refractivity contribution is -0.137. The van der Waals surface area contributed by atoms with E-state index in [4.69, 9.17) is 4.74 Å². The molecule has 0 aromatic heterocycles. The number of hydrogen-bond acceptors (Lipinski definition) is 4. The van der Waals surface area contributed by atoms with E-state index >= 15 is 0 Å². The van der Waals surface area contributed by atoms with Crippen molar-refractivity contribution in [3.05, 3.63) is 102 Å². The largest absolute Gasteiger partial charge is 0.507 e. The lowest BCUT2D eigenvalue weighted by Gasteiger charge is -2.10. The fourth-order valence-electron chi connectivity index (χ4n) is 3.23. The maximum absolute atomic E-state index is 12.6. The molecule has 0 aliphatic carbocycles. The average Bonchev–Trinajstić information content (AvgIpc) is 2.91. The maximum atomic E-state index is 12.6. The topological polar surface area (TPSA) is 75.6 Å². The van der Waals surface area contributed by atoms with Crippen LogP contribution in [0.2, 0.25) is 0 Å². The fourth-order valence-corrected chi connectivity index (χ4v) is 3.23. The van der Waals surface area contributed by atoms with Crippen LogP contribution in [0.3, 0.4) is 0 Å². The summed E-state index contributed by atoms with van der Waals surface area (Å²) in [5.74, 6) is -2.01. The summed E-state index contributed by atoms with van der Waals surface area (Å²) < 4.78 is 42.8. The van der Waals surface area contributed by atoms with Gasteiger partial charge in [0.05, 0.1) is 12.1 Å². The highest BCUT2D eigenvalue weighted by Gasteiger charge is 2.31. The van der Waals surface area contributed by atoms with Crippen LogP contribution in [0, 0.1) is 0 Å². The summed E-state index contributed by atoms with van der Waals surface area (Å²) in [7, 11) is 0. The van der Waals surface area contributed by atoms with Gasteiger partial charge in [-0.05, 0) is 63.1 Å². The summed E-state index contributed by atoms with van der Waals surface area (Å²) in [5, 5.41) is 12.3. The Kier molecular flexibility index (Phi) is 18.0. The number of benzene rings is 1. The first kappa shape index (κ1) is 34.2. The van der Waals surface area contributed by atoms with Crippen molar-refractivity contribution in [1.29, 1.82) is 0 Å². The van der Waals surface area contributed by atoms with Gasteiger partial charge >= 0.3 is 12.1 Å². The predicted octanol–water partition coefficient (Wildman–Crippen LogP) is 8.16. The second-order valence-electron chi connectivity index (χ2n) is 8.67. The first-order chi connectivity index (χ1) is 19.3. The van der Waals surface area contributed by atoms with Gasteiger partial charge in [0.1, 0.15) is 17.9 Å². The first-order valence-electron chi connectivity index (χ1n) is 13.5. The normalized spacial score (nSPS) is 12.7. The highest BCUT2D eigenvalue weighted by molar-refractivity contribution is 5.92. The van der Waals surface area contributed by atoms with Crippen LogP contribution in [0.1, 0.15) is 74.2 Å². The molecule has 0 radical (unpaired) electrons. The third-order valence-electron chi connectivity index (χ3n) is 5.34. The Morgan fingerprint density at radius 3 is 1.80 bits per heavy atom. The molecule has 8 heteroatoms. The zero-order valence-electron chi connectivity index (χ0n) is 23.0. The number of allylic oxidation sites excluding steroid dienone is 12. The number of phenols is 1. The number of carbonyl (C=O) groups excluding carboxylic acids is 2. The van der Waals surface area contributed by atoms with E-state index in [1.165, 1.54) is 0 Å². The van der Waals surface area contributed by atoms with E-state index in [-0.39, 0.29) is 31.0 Å². The SMILES string of the molecule is CC/C=C\C/C=C\C/C=C\C/C=C\C/C=C\C/C=C\CCC(=O)NCCOC(=O)c1ccc(C(F)(F)F)cc1O. The maximum Gasteiger partial charge on any atom is 0.416 e. The minimum atomic E-state index is -4.63. The molecule has 218 valence electrons. The number of halogens is 3. The Morgan fingerprint density at radius 1 is 0.825 bits per heavy atom. The minimum absolute atomic E-state index is 0.0513. The number of amides is 1. The molecule has 0 unspecified atom stereocenters. The molecule has 0 aliphatic heterocycles. The summed E-state index contributed by atoms with van der Waals surface area (Å²) in [6.07, 6.45) is 27.2. The smallest absolute Gasteiger partial charge is 0.416 e. The highest BCUT2D eigenvalue weighted by Crippen LogP contribution is 2.32. The van der Waals surface area contributed by atoms with E-state index in [2.05, 4.69) is 73.0 Å². The molecule has 0 saturated carbocycles. The Labute approximate surface area is 235 Å². The van der Waals surface area contributed by atoms with Gasteiger partial charge in [-0.3, -0.25) is 4.79 Å². The van der Waals surface area contributed by atoms with Crippen molar-refractivity contribution in [3.63, 3.8) is 0 Å². The second-order valence-corrected chi connectivity index (χ2v) is 8.67. The van der Waals surface area contributed by atoms with Gasteiger partial charge in [0, 0.05) is 6.42 Å². The van der Waals surface area contributed by atoms with Crippen LogP contribution in [-0.4, -0.2) is 30.1 Å². The molecule has 1 rings (SSSR count). The molecular formula is C32H40F3NO4. The molecule has 5 nitrogen and oxygen atoms in total. The van der Waals surface area contributed by atoms with Gasteiger partial charge in [0.15, 0.2) is 0 Å². The van der Waals surface area contributed by atoms with Crippen molar-refractivity contribution in [2.45, 2.75) is 64.5 Å². The summed E-state index contributed by atoms with van der Waals surface area (Å²) in [6, 6.07) is 2.01. The van der Waals surface area contributed by atoms with Crippen LogP contribution in [0.5, 0.6) is 5.75 Å². The monoisotopic (exact) mass is 559 g/mol. The van der Waals surface area contributed by atoms with Gasteiger partial charge in [-0.15, -0.1) is 0 Å². The van der Waals surface area contributed by atoms with Crippen LogP contribution >= 0.6 is 0 Å². The zero-order valence-corrected chi connectivity index (χ0v) is 23.0. The zero-order chi connectivity index (χ0) is 29.5.